The van der Waals surface area contributed by atoms with Crippen molar-refractivity contribution in [2.75, 3.05) is 11.9 Å². The number of anilines is 1. The Morgan fingerprint density at radius 3 is 3.00 bits per heavy atom. The summed E-state index contributed by atoms with van der Waals surface area (Å²) in [7, 11) is 0. The third-order valence-corrected chi connectivity index (χ3v) is 4.44. The molecular formula is C17H23N7. The molecule has 0 radical (unpaired) electrons. The number of fused-ring (bicyclic) bond motifs is 1. The lowest BCUT2D eigenvalue weighted by Crippen LogP contribution is -2.11. The van der Waals surface area contributed by atoms with Gasteiger partial charge in [-0.1, -0.05) is 13.8 Å². The van der Waals surface area contributed by atoms with Crippen LogP contribution in [0.1, 0.15) is 56.5 Å². The van der Waals surface area contributed by atoms with Gasteiger partial charge in [-0.3, -0.25) is 0 Å². The molecule has 3 heterocycles. The lowest BCUT2D eigenvalue weighted by Gasteiger charge is -2.12. The molecule has 126 valence electrons. The van der Waals surface area contributed by atoms with Gasteiger partial charge in [0.1, 0.15) is 12.2 Å². The fourth-order valence-corrected chi connectivity index (χ4v) is 3.04. The summed E-state index contributed by atoms with van der Waals surface area (Å²) >= 11 is 0. The number of hydrogen-bond acceptors (Lipinski definition) is 5. The summed E-state index contributed by atoms with van der Waals surface area (Å²) in [6.45, 7) is 6.20. The SMILES string of the molecule is CC(C)c1nccn1CCCNc1cc(C2CC2)nn2cnnc12. The summed E-state index contributed by atoms with van der Waals surface area (Å²) in [5.74, 6) is 2.21. The number of imidazole rings is 1. The van der Waals surface area contributed by atoms with Crippen molar-refractivity contribution in [3.63, 3.8) is 0 Å². The van der Waals surface area contributed by atoms with E-state index in [2.05, 4.69) is 56.3 Å². The van der Waals surface area contributed by atoms with Crippen molar-refractivity contribution < 1.29 is 0 Å². The lowest BCUT2D eigenvalue weighted by atomic mass is 10.2. The Hall–Kier alpha value is -2.44. The molecule has 3 aromatic heterocycles. The molecular weight excluding hydrogens is 302 g/mol. The second-order valence-electron chi connectivity index (χ2n) is 6.77. The van der Waals surface area contributed by atoms with Gasteiger partial charge in [0, 0.05) is 37.3 Å². The first-order chi connectivity index (χ1) is 11.7. The minimum atomic E-state index is 0.449. The van der Waals surface area contributed by atoms with Crippen LogP contribution in [0.2, 0.25) is 0 Å². The molecule has 0 aliphatic heterocycles. The zero-order chi connectivity index (χ0) is 16.5. The Balaban J connectivity index is 1.41. The zero-order valence-electron chi connectivity index (χ0n) is 14.2. The van der Waals surface area contributed by atoms with Crippen molar-refractivity contribution in [1.29, 1.82) is 0 Å². The van der Waals surface area contributed by atoms with E-state index in [1.807, 2.05) is 6.20 Å². The van der Waals surface area contributed by atoms with Gasteiger partial charge in [-0.25, -0.2) is 4.98 Å². The van der Waals surface area contributed by atoms with E-state index in [0.717, 1.165) is 42.4 Å². The second kappa shape index (κ2) is 6.22. The standard InChI is InChI=1S/C17H23N7/c1-12(2)16-19-7-9-23(16)8-3-6-18-15-10-14(13-4-5-13)22-24-11-20-21-17(15)24/h7,9-13,18H,3-6,8H2,1-2H3. The maximum Gasteiger partial charge on any atom is 0.200 e. The second-order valence-corrected chi connectivity index (χ2v) is 6.77. The largest absolute Gasteiger partial charge is 0.382 e. The molecule has 0 bridgehead atoms. The first kappa shape index (κ1) is 15.1. The van der Waals surface area contributed by atoms with E-state index in [-0.39, 0.29) is 0 Å². The molecule has 0 amide bonds. The number of nitrogens with one attached hydrogen (secondary N) is 1. The number of aryl methyl sites for hydroxylation is 1. The molecule has 4 rings (SSSR count). The summed E-state index contributed by atoms with van der Waals surface area (Å²) < 4.78 is 4.02. The van der Waals surface area contributed by atoms with Crippen LogP contribution in [0.5, 0.6) is 0 Å². The molecule has 0 atom stereocenters. The van der Waals surface area contributed by atoms with Crippen molar-refractivity contribution in [1.82, 2.24) is 29.4 Å². The topological polar surface area (TPSA) is 72.9 Å². The average molecular weight is 325 g/mol. The fraction of sp³-hybridized carbons (Fsp3) is 0.529. The third kappa shape index (κ3) is 2.98. The van der Waals surface area contributed by atoms with Crippen LogP contribution in [-0.4, -0.2) is 35.9 Å². The maximum atomic E-state index is 4.60. The van der Waals surface area contributed by atoms with E-state index in [0.29, 0.717) is 11.8 Å². The van der Waals surface area contributed by atoms with Crippen LogP contribution >= 0.6 is 0 Å². The van der Waals surface area contributed by atoms with Gasteiger partial charge < -0.3 is 9.88 Å². The summed E-state index contributed by atoms with van der Waals surface area (Å²) in [5, 5.41) is 16.3. The van der Waals surface area contributed by atoms with Gasteiger partial charge in [0.15, 0.2) is 0 Å². The molecule has 0 spiro atoms. The maximum absolute atomic E-state index is 4.60. The van der Waals surface area contributed by atoms with Crippen LogP contribution in [0.3, 0.4) is 0 Å². The molecule has 0 aromatic carbocycles. The Morgan fingerprint density at radius 1 is 1.33 bits per heavy atom. The summed E-state index contributed by atoms with van der Waals surface area (Å²) in [4.78, 5) is 4.44. The van der Waals surface area contributed by atoms with Crippen molar-refractivity contribution in [2.45, 2.75) is 51.5 Å². The van der Waals surface area contributed by atoms with Crippen LogP contribution in [0.15, 0.2) is 24.8 Å². The molecule has 1 fully saturated rings. The van der Waals surface area contributed by atoms with E-state index in [9.17, 15) is 0 Å². The summed E-state index contributed by atoms with van der Waals surface area (Å²) in [5.41, 5.74) is 2.96. The highest BCUT2D eigenvalue weighted by Crippen LogP contribution is 2.39. The van der Waals surface area contributed by atoms with Gasteiger partial charge in [-0.2, -0.15) is 9.61 Å². The van der Waals surface area contributed by atoms with Crippen LogP contribution < -0.4 is 5.32 Å². The molecule has 0 unspecified atom stereocenters. The van der Waals surface area contributed by atoms with Crippen LogP contribution in [0.25, 0.3) is 5.65 Å². The molecule has 7 heteroatoms. The quantitative estimate of drug-likeness (QED) is 0.676. The number of rotatable bonds is 7. The third-order valence-electron chi connectivity index (χ3n) is 4.44. The molecule has 24 heavy (non-hydrogen) atoms. The molecule has 1 saturated carbocycles. The van der Waals surface area contributed by atoms with Crippen LogP contribution in [0.4, 0.5) is 5.69 Å². The Kier molecular flexibility index (Phi) is 3.92. The monoisotopic (exact) mass is 325 g/mol. The molecule has 1 aliphatic rings. The predicted molar refractivity (Wildman–Crippen MR) is 92.2 cm³/mol. The van der Waals surface area contributed by atoms with Crippen LogP contribution in [0, 0.1) is 0 Å². The predicted octanol–water partition coefficient (Wildman–Crippen LogP) is 2.82. The smallest absolute Gasteiger partial charge is 0.200 e. The van der Waals surface area contributed by atoms with Gasteiger partial charge in [-0.05, 0) is 25.3 Å². The van der Waals surface area contributed by atoms with Gasteiger partial charge in [0.05, 0.1) is 11.4 Å². The summed E-state index contributed by atoms with van der Waals surface area (Å²) in [6.07, 6.45) is 9.11. The normalized spacial score (nSPS) is 14.6. The van der Waals surface area contributed by atoms with Crippen molar-refractivity contribution in [3.05, 3.63) is 36.3 Å². The minimum absolute atomic E-state index is 0.449. The van der Waals surface area contributed by atoms with E-state index in [1.54, 1.807) is 10.8 Å². The van der Waals surface area contributed by atoms with Crippen molar-refractivity contribution in [3.8, 4) is 0 Å². The Bertz CT molecular complexity index is 828. The highest BCUT2D eigenvalue weighted by molar-refractivity contribution is 5.66. The van der Waals surface area contributed by atoms with Crippen molar-refractivity contribution in [2.24, 2.45) is 0 Å². The molecule has 3 aromatic rings. The van der Waals surface area contributed by atoms with E-state index in [4.69, 9.17) is 0 Å². The Morgan fingerprint density at radius 2 is 2.21 bits per heavy atom. The molecule has 7 nitrogen and oxygen atoms in total. The van der Waals surface area contributed by atoms with Gasteiger partial charge in [-0.15, -0.1) is 10.2 Å². The zero-order valence-corrected chi connectivity index (χ0v) is 14.2. The molecule has 1 N–H and O–H groups in total. The van der Waals surface area contributed by atoms with E-state index in [1.165, 1.54) is 12.8 Å². The fourth-order valence-electron chi connectivity index (χ4n) is 3.04. The number of aromatic nitrogens is 6. The van der Waals surface area contributed by atoms with Crippen LogP contribution in [-0.2, 0) is 6.54 Å². The highest BCUT2D eigenvalue weighted by atomic mass is 15.3. The minimum Gasteiger partial charge on any atom is -0.382 e. The van der Waals surface area contributed by atoms with E-state index >= 15 is 0 Å². The lowest BCUT2D eigenvalue weighted by molar-refractivity contribution is 0.600. The van der Waals surface area contributed by atoms with Gasteiger partial charge >= 0.3 is 0 Å². The number of hydrogen-bond donors (Lipinski definition) is 1. The first-order valence-electron chi connectivity index (χ1n) is 8.68. The van der Waals surface area contributed by atoms with Gasteiger partial charge in [0.25, 0.3) is 0 Å². The molecule has 0 saturated heterocycles. The van der Waals surface area contributed by atoms with E-state index < -0.39 is 0 Å². The number of nitrogens with zero attached hydrogens (tertiary/aromatic N) is 6. The average Bonchev–Trinajstić information content (AvgIpc) is 3.12. The summed E-state index contributed by atoms with van der Waals surface area (Å²) in [6, 6.07) is 2.14. The highest BCUT2D eigenvalue weighted by Gasteiger charge is 2.26. The van der Waals surface area contributed by atoms with Crippen molar-refractivity contribution >= 4 is 11.3 Å². The van der Waals surface area contributed by atoms with Gasteiger partial charge in [0.2, 0.25) is 5.65 Å². The molecule has 1 aliphatic carbocycles. The Labute approximate surface area is 141 Å². The first-order valence-corrected chi connectivity index (χ1v) is 8.68.